The molecule has 160 valence electrons. The number of ketones is 1. The minimum absolute atomic E-state index is 0.124. The van der Waals surface area contributed by atoms with E-state index in [0.29, 0.717) is 21.5 Å². The van der Waals surface area contributed by atoms with Crippen molar-refractivity contribution in [3.63, 3.8) is 0 Å². The lowest BCUT2D eigenvalue weighted by atomic mass is 9.99. The standard InChI is InChI=1S/C23H15FN2O5S/c1-30-14-7-4-12(5-8-14)20(27)18-19(16-3-2-10-31-16)26(22(29)21(18)28)23-25-15-9-6-13(24)11-17(15)32-23/h2-11,19,27H,1H3/b20-18+. The van der Waals surface area contributed by atoms with E-state index in [-0.39, 0.29) is 22.2 Å². The topological polar surface area (TPSA) is 92.9 Å². The van der Waals surface area contributed by atoms with Gasteiger partial charge >= 0.3 is 5.91 Å². The number of rotatable bonds is 4. The molecule has 7 nitrogen and oxygen atoms in total. The smallest absolute Gasteiger partial charge is 0.302 e. The van der Waals surface area contributed by atoms with E-state index in [4.69, 9.17) is 9.15 Å². The van der Waals surface area contributed by atoms with E-state index in [2.05, 4.69) is 4.98 Å². The van der Waals surface area contributed by atoms with Crippen LogP contribution in [0, 0.1) is 5.82 Å². The molecule has 1 atom stereocenters. The number of anilines is 1. The number of aromatic nitrogens is 1. The Kier molecular flexibility index (Phi) is 4.75. The predicted molar refractivity (Wildman–Crippen MR) is 116 cm³/mol. The lowest BCUT2D eigenvalue weighted by molar-refractivity contribution is -0.132. The lowest BCUT2D eigenvalue weighted by Crippen LogP contribution is -2.29. The van der Waals surface area contributed by atoms with Gasteiger partial charge in [0.2, 0.25) is 0 Å². The highest BCUT2D eigenvalue weighted by Crippen LogP contribution is 2.44. The van der Waals surface area contributed by atoms with Crippen molar-refractivity contribution in [1.82, 2.24) is 4.98 Å². The molecule has 0 saturated carbocycles. The summed E-state index contributed by atoms with van der Waals surface area (Å²) in [6.07, 6.45) is 1.41. The van der Waals surface area contributed by atoms with Crippen LogP contribution in [0.4, 0.5) is 9.52 Å². The van der Waals surface area contributed by atoms with E-state index in [1.165, 1.54) is 36.5 Å². The fraction of sp³-hybridized carbons (Fsp3) is 0.0870. The van der Waals surface area contributed by atoms with Gasteiger partial charge in [0.15, 0.2) is 5.13 Å². The molecule has 5 rings (SSSR count). The second-order valence-corrected chi connectivity index (χ2v) is 8.03. The molecule has 1 amide bonds. The van der Waals surface area contributed by atoms with Gasteiger partial charge < -0.3 is 14.3 Å². The number of furan rings is 1. The van der Waals surface area contributed by atoms with Gasteiger partial charge in [-0.05, 0) is 54.6 Å². The van der Waals surface area contributed by atoms with E-state index in [9.17, 15) is 19.1 Å². The SMILES string of the molecule is COc1ccc(/C(O)=C2\C(=O)C(=O)N(c3nc4ccc(F)cc4s3)C2c2ccco2)cc1. The number of nitrogens with zero attached hydrogens (tertiary/aromatic N) is 2. The monoisotopic (exact) mass is 450 g/mol. The van der Waals surface area contributed by atoms with Crippen molar-refractivity contribution in [2.24, 2.45) is 0 Å². The molecule has 0 radical (unpaired) electrons. The Morgan fingerprint density at radius 3 is 2.66 bits per heavy atom. The van der Waals surface area contributed by atoms with Gasteiger partial charge in [-0.25, -0.2) is 9.37 Å². The number of hydrogen-bond acceptors (Lipinski definition) is 7. The van der Waals surface area contributed by atoms with Crippen LogP contribution < -0.4 is 9.64 Å². The van der Waals surface area contributed by atoms with Crippen molar-refractivity contribution in [1.29, 1.82) is 0 Å². The molecule has 1 aliphatic heterocycles. The molecule has 2 aromatic carbocycles. The highest BCUT2D eigenvalue weighted by atomic mass is 32.1. The van der Waals surface area contributed by atoms with Crippen molar-refractivity contribution in [3.8, 4) is 5.75 Å². The van der Waals surface area contributed by atoms with Gasteiger partial charge in [-0.1, -0.05) is 11.3 Å². The number of Topliss-reactive ketones (excluding diaryl/α,β-unsaturated/α-hetero) is 1. The second kappa shape index (κ2) is 7.61. The van der Waals surface area contributed by atoms with Gasteiger partial charge in [0.25, 0.3) is 5.78 Å². The number of aliphatic hydroxyl groups excluding tert-OH is 1. The minimum Gasteiger partial charge on any atom is -0.507 e. The molecule has 0 spiro atoms. The van der Waals surface area contributed by atoms with Crippen molar-refractivity contribution in [2.75, 3.05) is 12.0 Å². The Morgan fingerprint density at radius 1 is 1.19 bits per heavy atom. The maximum absolute atomic E-state index is 13.7. The molecular weight excluding hydrogens is 435 g/mol. The van der Waals surface area contributed by atoms with Gasteiger partial charge in [0.05, 0.1) is 29.2 Å². The molecule has 1 aliphatic rings. The molecule has 0 bridgehead atoms. The summed E-state index contributed by atoms with van der Waals surface area (Å²) >= 11 is 1.07. The summed E-state index contributed by atoms with van der Waals surface area (Å²) in [6, 6.07) is 12.7. The first-order chi connectivity index (χ1) is 15.5. The Morgan fingerprint density at radius 2 is 1.97 bits per heavy atom. The summed E-state index contributed by atoms with van der Waals surface area (Å²) < 4.78 is 24.8. The van der Waals surface area contributed by atoms with Gasteiger partial charge in [0.1, 0.15) is 29.1 Å². The summed E-state index contributed by atoms with van der Waals surface area (Å²) in [5, 5.41) is 11.2. The fourth-order valence-electron chi connectivity index (χ4n) is 3.64. The molecule has 2 aromatic heterocycles. The van der Waals surface area contributed by atoms with Crippen molar-refractivity contribution in [3.05, 3.63) is 83.6 Å². The number of carbonyl (C=O) groups excluding carboxylic acids is 2. The number of amides is 1. The Bertz CT molecular complexity index is 1380. The molecule has 32 heavy (non-hydrogen) atoms. The van der Waals surface area contributed by atoms with E-state index in [1.54, 1.807) is 36.4 Å². The lowest BCUT2D eigenvalue weighted by Gasteiger charge is -2.20. The van der Waals surface area contributed by atoms with E-state index < -0.39 is 23.5 Å². The summed E-state index contributed by atoms with van der Waals surface area (Å²) in [5.41, 5.74) is 0.703. The zero-order chi connectivity index (χ0) is 22.4. The zero-order valence-corrected chi connectivity index (χ0v) is 17.4. The third kappa shape index (κ3) is 3.14. The predicted octanol–water partition coefficient (Wildman–Crippen LogP) is 4.66. The fourth-order valence-corrected chi connectivity index (χ4v) is 4.66. The van der Waals surface area contributed by atoms with Crippen LogP contribution in [0.5, 0.6) is 5.75 Å². The maximum Gasteiger partial charge on any atom is 0.302 e. The molecular formula is C23H15FN2O5S. The Labute approximate surface area is 185 Å². The number of fused-ring (bicyclic) bond motifs is 1. The van der Waals surface area contributed by atoms with E-state index in [0.717, 1.165) is 11.3 Å². The summed E-state index contributed by atoms with van der Waals surface area (Å²) in [4.78, 5) is 31.7. The molecule has 1 saturated heterocycles. The van der Waals surface area contributed by atoms with Crippen LogP contribution in [0.2, 0.25) is 0 Å². The normalized spacial score (nSPS) is 17.9. The maximum atomic E-state index is 13.7. The van der Waals surface area contributed by atoms with Crippen LogP contribution in [-0.4, -0.2) is 28.9 Å². The molecule has 0 aliphatic carbocycles. The highest BCUT2D eigenvalue weighted by molar-refractivity contribution is 7.22. The highest BCUT2D eigenvalue weighted by Gasteiger charge is 2.49. The van der Waals surface area contributed by atoms with Crippen LogP contribution in [0.25, 0.3) is 16.0 Å². The van der Waals surface area contributed by atoms with Crippen LogP contribution in [-0.2, 0) is 9.59 Å². The number of aliphatic hydroxyl groups is 1. The van der Waals surface area contributed by atoms with Gasteiger partial charge in [-0.3, -0.25) is 14.5 Å². The van der Waals surface area contributed by atoms with Crippen molar-refractivity contribution >= 4 is 44.1 Å². The first-order valence-corrected chi connectivity index (χ1v) is 10.3. The molecule has 1 fully saturated rings. The third-order valence-corrected chi connectivity index (χ3v) is 6.18. The molecule has 9 heteroatoms. The first kappa shape index (κ1) is 20.0. The second-order valence-electron chi connectivity index (χ2n) is 7.02. The number of halogens is 1. The zero-order valence-electron chi connectivity index (χ0n) is 16.6. The molecule has 1 unspecified atom stereocenters. The van der Waals surface area contributed by atoms with Crippen LogP contribution in [0.15, 0.2) is 70.9 Å². The number of ether oxygens (including phenoxy) is 1. The minimum atomic E-state index is -1.03. The van der Waals surface area contributed by atoms with Gasteiger partial charge in [-0.15, -0.1) is 0 Å². The number of methoxy groups -OCH3 is 1. The number of hydrogen-bond donors (Lipinski definition) is 1. The van der Waals surface area contributed by atoms with Crippen LogP contribution in [0.3, 0.4) is 0 Å². The van der Waals surface area contributed by atoms with Crippen molar-refractivity contribution in [2.45, 2.75) is 6.04 Å². The average molecular weight is 450 g/mol. The summed E-state index contributed by atoms with van der Waals surface area (Å²) in [6.45, 7) is 0. The molecule has 1 N–H and O–H groups in total. The molecule has 4 aromatic rings. The number of benzene rings is 2. The number of thiazole rings is 1. The first-order valence-electron chi connectivity index (χ1n) is 9.53. The van der Waals surface area contributed by atoms with Crippen LogP contribution in [0.1, 0.15) is 17.4 Å². The number of carbonyl (C=O) groups is 2. The average Bonchev–Trinajstić information content (AvgIpc) is 3.52. The van der Waals surface area contributed by atoms with Gasteiger partial charge in [0, 0.05) is 5.56 Å². The van der Waals surface area contributed by atoms with Gasteiger partial charge in [-0.2, -0.15) is 0 Å². The van der Waals surface area contributed by atoms with Crippen LogP contribution >= 0.6 is 11.3 Å². The van der Waals surface area contributed by atoms with E-state index in [1.807, 2.05) is 0 Å². The largest absolute Gasteiger partial charge is 0.507 e. The Hall–Kier alpha value is -3.98. The molecule has 3 heterocycles. The van der Waals surface area contributed by atoms with E-state index >= 15 is 0 Å². The quantitative estimate of drug-likeness (QED) is 0.276. The Balaban J connectivity index is 1.68. The summed E-state index contributed by atoms with van der Waals surface area (Å²) in [7, 11) is 1.52. The van der Waals surface area contributed by atoms with Crippen molar-refractivity contribution < 1.29 is 28.2 Å². The third-order valence-electron chi connectivity index (χ3n) is 5.17. The summed E-state index contributed by atoms with van der Waals surface area (Å²) in [5.74, 6) is -1.65.